The van der Waals surface area contributed by atoms with E-state index in [2.05, 4.69) is 9.97 Å². The van der Waals surface area contributed by atoms with Crippen LogP contribution < -0.4 is 26.7 Å². The molecule has 0 amide bonds. The van der Waals surface area contributed by atoms with Gasteiger partial charge in [-0.15, -0.1) is 0 Å². The first-order chi connectivity index (χ1) is 10.7. The largest absolute Gasteiger partial charge is 0.497 e. The number of methoxy groups -OCH3 is 1. The molecule has 1 aromatic carbocycles. The fourth-order valence-electron chi connectivity index (χ4n) is 2.46. The van der Waals surface area contributed by atoms with Crippen LogP contribution in [0.5, 0.6) is 5.75 Å². The Morgan fingerprint density at radius 3 is 2.82 bits per heavy atom. The average molecular weight is 299 g/mol. The lowest BCUT2D eigenvalue weighted by Crippen LogP contribution is -2.41. The van der Waals surface area contributed by atoms with Crippen molar-refractivity contribution in [3.05, 3.63) is 50.9 Å². The number of hydrogen-bond donors (Lipinski definition) is 2. The summed E-state index contributed by atoms with van der Waals surface area (Å²) in [6.45, 7) is 0.428. The van der Waals surface area contributed by atoms with Gasteiger partial charge < -0.3 is 20.2 Å². The summed E-state index contributed by atoms with van der Waals surface area (Å²) in [6, 6.07) is 7.67. The van der Waals surface area contributed by atoms with Gasteiger partial charge in [0, 0.05) is 6.42 Å². The number of hydrogen-bond acceptors (Lipinski definition) is 5. The van der Waals surface area contributed by atoms with E-state index >= 15 is 0 Å². The number of aromatic amines is 1. The number of aromatic nitrogens is 2. The van der Waals surface area contributed by atoms with Gasteiger partial charge in [0.1, 0.15) is 23.9 Å². The molecule has 6 heteroatoms. The average Bonchev–Trinajstić information content (AvgIpc) is 2.52. The number of fused-ring (bicyclic) bond motifs is 1. The molecular weight excluding hydrogens is 282 g/mol. The molecule has 0 aliphatic heterocycles. The van der Waals surface area contributed by atoms with E-state index in [0.717, 1.165) is 29.9 Å². The van der Waals surface area contributed by atoms with Gasteiger partial charge in [-0.3, -0.25) is 0 Å². The zero-order valence-electron chi connectivity index (χ0n) is 12.3. The molecule has 1 heterocycles. The maximum atomic E-state index is 11.4. The highest BCUT2D eigenvalue weighted by atomic mass is 16.5. The minimum absolute atomic E-state index is 0.208. The second-order valence-corrected chi connectivity index (χ2v) is 5.02. The summed E-state index contributed by atoms with van der Waals surface area (Å²) in [7, 11) is 1.63. The van der Waals surface area contributed by atoms with E-state index in [-0.39, 0.29) is 5.82 Å². The molecule has 6 nitrogen and oxygen atoms in total. The molecule has 0 saturated heterocycles. The van der Waals surface area contributed by atoms with E-state index in [4.69, 9.17) is 15.2 Å². The van der Waals surface area contributed by atoms with Crippen molar-refractivity contribution < 1.29 is 9.47 Å². The van der Waals surface area contributed by atoms with Gasteiger partial charge in [-0.2, -0.15) is 4.98 Å². The number of rotatable bonds is 4. The molecule has 0 unspecified atom stereocenters. The Kier molecular flexibility index (Phi) is 3.82. The van der Waals surface area contributed by atoms with Crippen molar-refractivity contribution in [2.24, 2.45) is 0 Å². The summed E-state index contributed by atoms with van der Waals surface area (Å²) < 4.78 is 11.0. The molecule has 0 atom stereocenters. The second-order valence-electron chi connectivity index (χ2n) is 5.02. The van der Waals surface area contributed by atoms with Crippen LogP contribution in [0, 0.1) is 0 Å². The number of H-pyrrole nitrogens is 1. The Labute approximate surface area is 126 Å². The first-order valence-corrected chi connectivity index (χ1v) is 7.02. The minimum atomic E-state index is -0.441. The van der Waals surface area contributed by atoms with Crippen LogP contribution in [0.4, 0.5) is 5.82 Å². The third-order valence-corrected chi connectivity index (χ3v) is 3.56. The van der Waals surface area contributed by atoms with Gasteiger partial charge in [0.25, 0.3) is 0 Å². The maximum Gasteiger partial charge on any atom is 0.347 e. The Balaban J connectivity index is 1.90. The molecular formula is C16H17N3O3. The molecule has 0 spiro atoms. The Morgan fingerprint density at radius 2 is 2.09 bits per heavy atom. The Bertz CT molecular complexity index is 854. The van der Waals surface area contributed by atoms with Crippen LogP contribution in [0.15, 0.2) is 29.1 Å². The monoisotopic (exact) mass is 299 g/mol. The molecule has 3 rings (SSSR count). The van der Waals surface area contributed by atoms with Crippen molar-refractivity contribution >= 4 is 17.7 Å². The van der Waals surface area contributed by atoms with E-state index in [1.54, 1.807) is 7.11 Å². The summed E-state index contributed by atoms with van der Waals surface area (Å²) in [6.07, 6.45) is 3.47. The fourth-order valence-corrected chi connectivity index (χ4v) is 2.46. The van der Waals surface area contributed by atoms with Crippen molar-refractivity contribution in [1.82, 2.24) is 9.97 Å². The number of ether oxygens (including phenoxy) is 2. The Hall–Kier alpha value is -2.76. The lowest BCUT2D eigenvalue weighted by Gasteiger charge is -2.14. The third-order valence-electron chi connectivity index (χ3n) is 3.56. The molecule has 0 radical (unpaired) electrons. The lowest BCUT2D eigenvalue weighted by atomic mass is 10.1. The van der Waals surface area contributed by atoms with Crippen molar-refractivity contribution in [2.75, 3.05) is 12.8 Å². The lowest BCUT2D eigenvalue weighted by molar-refractivity contribution is 0.248. The normalized spacial score (nSPS) is 13.2. The molecule has 3 N–H and O–H groups in total. The van der Waals surface area contributed by atoms with Gasteiger partial charge in [-0.05, 0) is 24.1 Å². The van der Waals surface area contributed by atoms with Crippen LogP contribution in [-0.4, -0.2) is 17.1 Å². The number of anilines is 1. The number of nitrogen functional groups attached to an aromatic ring is 1. The molecule has 1 aliphatic rings. The van der Waals surface area contributed by atoms with Crippen molar-refractivity contribution in [1.29, 1.82) is 0 Å². The number of nitrogens with zero attached hydrogens (tertiary/aromatic N) is 1. The first-order valence-electron chi connectivity index (χ1n) is 7.02. The summed E-state index contributed by atoms with van der Waals surface area (Å²) in [4.78, 5) is 17.8. The zero-order valence-corrected chi connectivity index (χ0v) is 12.3. The van der Waals surface area contributed by atoms with Gasteiger partial charge in [-0.1, -0.05) is 18.2 Å². The quantitative estimate of drug-likeness (QED) is 0.845. The minimum Gasteiger partial charge on any atom is -0.497 e. The predicted octanol–water partition coefficient (Wildman–Crippen LogP) is 0.260. The highest BCUT2D eigenvalue weighted by Crippen LogP contribution is 2.16. The molecule has 0 fully saturated rings. The summed E-state index contributed by atoms with van der Waals surface area (Å²) in [5.74, 6) is 1.77. The zero-order chi connectivity index (χ0) is 15.5. The van der Waals surface area contributed by atoms with Gasteiger partial charge in [-0.25, -0.2) is 4.79 Å². The van der Waals surface area contributed by atoms with Gasteiger partial charge in [0.05, 0.1) is 17.7 Å². The van der Waals surface area contributed by atoms with E-state index in [9.17, 15) is 4.79 Å². The van der Waals surface area contributed by atoms with Crippen molar-refractivity contribution in [3.63, 3.8) is 0 Å². The van der Waals surface area contributed by atoms with E-state index in [0.29, 0.717) is 17.2 Å². The third kappa shape index (κ3) is 2.81. The van der Waals surface area contributed by atoms with Gasteiger partial charge >= 0.3 is 5.69 Å². The highest BCUT2D eigenvalue weighted by molar-refractivity contribution is 5.51. The summed E-state index contributed by atoms with van der Waals surface area (Å²) in [5, 5.41) is 1.38. The molecule has 1 aliphatic carbocycles. The number of nitrogens with one attached hydrogen (secondary N) is 1. The summed E-state index contributed by atoms with van der Waals surface area (Å²) >= 11 is 0. The smallest absolute Gasteiger partial charge is 0.347 e. The number of nitrogens with two attached hydrogens (primary N) is 1. The molecule has 22 heavy (non-hydrogen) atoms. The molecule has 114 valence electrons. The van der Waals surface area contributed by atoms with Crippen LogP contribution in [0.3, 0.4) is 0 Å². The molecule has 0 bridgehead atoms. The van der Waals surface area contributed by atoms with Crippen LogP contribution >= 0.6 is 0 Å². The highest BCUT2D eigenvalue weighted by Gasteiger charge is 2.11. The van der Waals surface area contributed by atoms with E-state index in [1.165, 1.54) is 0 Å². The van der Waals surface area contributed by atoms with Crippen molar-refractivity contribution in [3.8, 4) is 5.75 Å². The molecule has 2 aromatic rings. The number of benzene rings is 1. The fraction of sp³-hybridized carbons (Fsp3) is 0.250. The van der Waals surface area contributed by atoms with Crippen LogP contribution in [0.25, 0.3) is 11.8 Å². The van der Waals surface area contributed by atoms with E-state index < -0.39 is 5.69 Å². The van der Waals surface area contributed by atoms with Gasteiger partial charge in [0.2, 0.25) is 0 Å². The topological polar surface area (TPSA) is 90.2 Å². The van der Waals surface area contributed by atoms with Crippen LogP contribution in [-0.2, 0) is 11.3 Å². The first kappa shape index (κ1) is 14.2. The Morgan fingerprint density at radius 1 is 1.32 bits per heavy atom. The van der Waals surface area contributed by atoms with Crippen LogP contribution in [0.1, 0.15) is 18.4 Å². The standard InChI is InChI=1S/C16H17N3O3/c1-21-11-7-5-10(6-8-11)9-22-13-4-2-3-12-14(13)15(17)19-16(20)18-12/h3,5-8H,2,4,9H2,1H3,(H3,17,18,19,20). The predicted molar refractivity (Wildman–Crippen MR) is 83.4 cm³/mol. The summed E-state index contributed by atoms with van der Waals surface area (Å²) in [5.41, 5.74) is 6.46. The maximum absolute atomic E-state index is 11.4. The second kappa shape index (κ2) is 5.93. The molecule has 0 saturated carbocycles. The van der Waals surface area contributed by atoms with E-state index in [1.807, 2.05) is 30.3 Å². The SMILES string of the molecule is COc1ccc(COC2=c3c(N)nc(=O)[nH]c3=CCC2)cc1. The molecule has 1 aromatic heterocycles. The van der Waals surface area contributed by atoms with Crippen LogP contribution in [0.2, 0.25) is 0 Å². The van der Waals surface area contributed by atoms with Crippen molar-refractivity contribution in [2.45, 2.75) is 19.4 Å². The van der Waals surface area contributed by atoms with Gasteiger partial charge in [0.15, 0.2) is 0 Å².